The molecule has 1 aromatic rings. The summed E-state index contributed by atoms with van der Waals surface area (Å²) in [5.41, 5.74) is 0. The number of ether oxygens (including phenoxy) is 2. The third-order valence-electron chi connectivity index (χ3n) is 3.66. The molecular weight excluding hydrogens is 278 g/mol. The molecule has 5 heteroatoms. The maximum atomic E-state index is 5.71. The van der Waals surface area contributed by atoms with Gasteiger partial charge in [-0.1, -0.05) is 13.0 Å². The SMILES string of the molecule is CCNC(=NCCCOc1cccc(OC)c1)NC1CC1C. The van der Waals surface area contributed by atoms with Crippen LogP contribution in [0.5, 0.6) is 11.5 Å². The molecule has 0 aromatic heterocycles. The van der Waals surface area contributed by atoms with Gasteiger partial charge in [0, 0.05) is 31.6 Å². The second-order valence-electron chi connectivity index (χ2n) is 5.61. The largest absolute Gasteiger partial charge is 0.497 e. The van der Waals surface area contributed by atoms with E-state index in [4.69, 9.17) is 9.47 Å². The fraction of sp³-hybridized carbons (Fsp3) is 0.588. The molecule has 0 radical (unpaired) electrons. The Bertz CT molecular complexity index is 491. The van der Waals surface area contributed by atoms with Crippen molar-refractivity contribution >= 4 is 5.96 Å². The Labute approximate surface area is 133 Å². The first kappa shape index (κ1) is 16.5. The zero-order chi connectivity index (χ0) is 15.8. The van der Waals surface area contributed by atoms with Gasteiger partial charge in [0.2, 0.25) is 0 Å². The van der Waals surface area contributed by atoms with E-state index in [1.807, 2.05) is 24.3 Å². The van der Waals surface area contributed by atoms with Gasteiger partial charge in [0.25, 0.3) is 0 Å². The summed E-state index contributed by atoms with van der Waals surface area (Å²) < 4.78 is 10.9. The van der Waals surface area contributed by atoms with Gasteiger partial charge in [0.15, 0.2) is 5.96 Å². The molecule has 1 aliphatic rings. The molecule has 1 saturated carbocycles. The number of benzene rings is 1. The zero-order valence-electron chi connectivity index (χ0n) is 13.8. The highest BCUT2D eigenvalue weighted by molar-refractivity contribution is 5.80. The third kappa shape index (κ3) is 5.47. The molecule has 1 aliphatic carbocycles. The van der Waals surface area contributed by atoms with Crippen molar-refractivity contribution in [3.05, 3.63) is 24.3 Å². The van der Waals surface area contributed by atoms with Crippen LogP contribution in [0.4, 0.5) is 0 Å². The first-order chi connectivity index (χ1) is 10.7. The second-order valence-corrected chi connectivity index (χ2v) is 5.61. The van der Waals surface area contributed by atoms with Crippen LogP contribution in [0.2, 0.25) is 0 Å². The molecule has 2 atom stereocenters. The summed E-state index contributed by atoms with van der Waals surface area (Å²) in [6.07, 6.45) is 2.12. The third-order valence-corrected chi connectivity index (χ3v) is 3.66. The molecule has 0 heterocycles. The molecule has 2 unspecified atom stereocenters. The number of aliphatic imine (C=N–C) groups is 1. The number of rotatable bonds is 8. The Kier molecular flexibility index (Phi) is 6.37. The summed E-state index contributed by atoms with van der Waals surface area (Å²) in [6.45, 7) is 6.62. The lowest BCUT2D eigenvalue weighted by Gasteiger charge is -2.11. The van der Waals surface area contributed by atoms with Crippen LogP contribution in [0.15, 0.2) is 29.3 Å². The van der Waals surface area contributed by atoms with Crippen LogP contribution in [0, 0.1) is 5.92 Å². The molecule has 122 valence electrons. The highest BCUT2D eigenvalue weighted by Crippen LogP contribution is 2.28. The monoisotopic (exact) mass is 305 g/mol. The molecule has 0 amide bonds. The molecule has 0 spiro atoms. The fourth-order valence-electron chi connectivity index (χ4n) is 2.16. The highest BCUT2D eigenvalue weighted by atomic mass is 16.5. The smallest absolute Gasteiger partial charge is 0.191 e. The number of hydrogen-bond acceptors (Lipinski definition) is 3. The van der Waals surface area contributed by atoms with Crippen LogP contribution in [-0.4, -0.2) is 38.8 Å². The van der Waals surface area contributed by atoms with Crippen LogP contribution < -0.4 is 20.1 Å². The van der Waals surface area contributed by atoms with Gasteiger partial charge in [-0.2, -0.15) is 0 Å². The number of methoxy groups -OCH3 is 1. The summed E-state index contributed by atoms with van der Waals surface area (Å²) in [6, 6.07) is 8.25. The molecular formula is C17H27N3O2. The lowest BCUT2D eigenvalue weighted by molar-refractivity contribution is 0.311. The average molecular weight is 305 g/mol. The van der Waals surface area contributed by atoms with E-state index >= 15 is 0 Å². The lowest BCUT2D eigenvalue weighted by atomic mass is 10.3. The Balaban J connectivity index is 1.68. The van der Waals surface area contributed by atoms with E-state index in [1.165, 1.54) is 6.42 Å². The highest BCUT2D eigenvalue weighted by Gasteiger charge is 2.33. The van der Waals surface area contributed by atoms with Crippen LogP contribution in [0.1, 0.15) is 26.7 Å². The Morgan fingerprint density at radius 1 is 1.36 bits per heavy atom. The minimum atomic E-state index is 0.589. The summed E-state index contributed by atoms with van der Waals surface area (Å²) >= 11 is 0. The topological polar surface area (TPSA) is 54.9 Å². The standard InChI is InChI=1S/C17H27N3O2/c1-4-18-17(20-16-11-13(16)2)19-9-6-10-22-15-8-5-7-14(12-15)21-3/h5,7-8,12-13,16H,4,6,9-11H2,1-3H3,(H2,18,19,20). The van der Waals surface area contributed by atoms with E-state index in [0.717, 1.165) is 42.9 Å². The molecule has 1 aromatic carbocycles. The molecule has 0 bridgehead atoms. The van der Waals surface area contributed by atoms with Gasteiger partial charge in [0.05, 0.1) is 13.7 Å². The van der Waals surface area contributed by atoms with E-state index in [9.17, 15) is 0 Å². The molecule has 22 heavy (non-hydrogen) atoms. The van der Waals surface area contributed by atoms with E-state index in [1.54, 1.807) is 7.11 Å². The van der Waals surface area contributed by atoms with Gasteiger partial charge in [0.1, 0.15) is 11.5 Å². The van der Waals surface area contributed by atoms with Crippen molar-refractivity contribution in [2.24, 2.45) is 10.9 Å². The van der Waals surface area contributed by atoms with Crippen molar-refractivity contribution in [1.29, 1.82) is 0 Å². The molecule has 0 aliphatic heterocycles. The summed E-state index contributed by atoms with van der Waals surface area (Å²) in [5, 5.41) is 6.73. The van der Waals surface area contributed by atoms with Crippen molar-refractivity contribution in [3.8, 4) is 11.5 Å². The number of guanidine groups is 1. The molecule has 2 rings (SSSR count). The predicted molar refractivity (Wildman–Crippen MR) is 89.8 cm³/mol. The van der Waals surface area contributed by atoms with Gasteiger partial charge >= 0.3 is 0 Å². The summed E-state index contributed by atoms with van der Waals surface area (Å²) in [7, 11) is 1.66. The van der Waals surface area contributed by atoms with E-state index in [-0.39, 0.29) is 0 Å². The van der Waals surface area contributed by atoms with E-state index in [2.05, 4.69) is 29.5 Å². The number of nitrogens with zero attached hydrogens (tertiary/aromatic N) is 1. The summed E-state index contributed by atoms with van der Waals surface area (Å²) in [4.78, 5) is 4.58. The van der Waals surface area contributed by atoms with Crippen molar-refractivity contribution < 1.29 is 9.47 Å². The van der Waals surface area contributed by atoms with E-state index in [0.29, 0.717) is 12.6 Å². The van der Waals surface area contributed by atoms with Gasteiger partial charge in [-0.25, -0.2) is 0 Å². The minimum absolute atomic E-state index is 0.589. The maximum Gasteiger partial charge on any atom is 0.191 e. The van der Waals surface area contributed by atoms with Gasteiger partial charge < -0.3 is 20.1 Å². The molecule has 2 N–H and O–H groups in total. The maximum absolute atomic E-state index is 5.71. The van der Waals surface area contributed by atoms with Crippen LogP contribution in [0.25, 0.3) is 0 Å². The Morgan fingerprint density at radius 3 is 2.82 bits per heavy atom. The number of hydrogen-bond donors (Lipinski definition) is 2. The molecule has 0 saturated heterocycles. The van der Waals surface area contributed by atoms with Gasteiger partial charge in [-0.15, -0.1) is 0 Å². The summed E-state index contributed by atoms with van der Waals surface area (Å²) in [5.74, 6) is 3.33. The predicted octanol–water partition coefficient (Wildman–Crippen LogP) is 2.43. The normalized spacial score (nSPS) is 20.4. The molecule has 5 nitrogen and oxygen atoms in total. The minimum Gasteiger partial charge on any atom is -0.497 e. The lowest BCUT2D eigenvalue weighted by Crippen LogP contribution is -2.39. The van der Waals surface area contributed by atoms with Crippen LogP contribution in [-0.2, 0) is 0 Å². The van der Waals surface area contributed by atoms with Crippen molar-refractivity contribution in [2.75, 3.05) is 26.8 Å². The first-order valence-corrected chi connectivity index (χ1v) is 8.04. The van der Waals surface area contributed by atoms with Crippen molar-refractivity contribution in [1.82, 2.24) is 10.6 Å². The first-order valence-electron chi connectivity index (χ1n) is 8.04. The van der Waals surface area contributed by atoms with Crippen LogP contribution in [0.3, 0.4) is 0 Å². The van der Waals surface area contributed by atoms with Gasteiger partial charge in [-0.3, -0.25) is 4.99 Å². The quantitative estimate of drug-likeness (QED) is 0.440. The van der Waals surface area contributed by atoms with E-state index < -0.39 is 0 Å². The van der Waals surface area contributed by atoms with Gasteiger partial charge in [-0.05, 0) is 31.4 Å². The van der Waals surface area contributed by atoms with Crippen molar-refractivity contribution in [3.63, 3.8) is 0 Å². The Hall–Kier alpha value is -1.91. The zero-order valence-corrected chi connectivity index (χ0v) is 13.8. The van der Waals surface area contributed by atoms with Crippen molar-refractivity contribution in [2.45, 2.75) is 32.7 Å². The fourth-order valence-corrected chi connectivity index (χ4v) is 2.16. The Morgan fingerprint density at radius 2 is 2.14 bits per heavy atom. The average Bonchev–Trinajstić information content (AvgIpc) is 3.22. The number of nitrogens with one attached hydrogen (secondary N) is 2. The van der Waals surface area contributed by atoms with Crippen LogP contribution >= 0.6 is 0 Å². The molecule has 1 fully saturated rings. The second kappa shape index (κ2) is 8.51.